The van der Waals surface area contributed by atoms with Crippen molar-refractivity contribution in [2.75, 3.05) is 25.0 Å². The molecule has 3 aliphatic heterocycles. The Hall–Kier alpha value is -3.50. The number of Topliss-reactive ketones (excluding diaryl/α,β-unsaturated/α-hetero) is 1. The van der Waals surface area contributed by atoms with Gasteiger partial charge in [-0.05, 0) is 112 Å². The van der Waals surface area contributed by atoms with Crippen molar-refractivity contribution in [2.24, 2.45) is 23.7 Å². The van der Waals surface area contributed by atoms with Gasteiger partial charge in [-0.25, -0.2) is 9.97 Å². The van der Waals surface area contributed by atoms with Crippen LogP contribution in [0.15, 0.2) is 36.9 Å². The van der Waals surface area contributed by atoms with Gasteiger partial charge < -0.3 is 21.3 Å². The smallest absolute Gasteiger partial charge is 0.224 e. The zero-order valence-corrected chi connectivity index (χ0v) is 38.9. The highest BCUT2D eigenvalue weighted by molar-refractivity contribution is 7.23. The standard InChI is InChI=1S/C26H32N4OS2.C21H26N4OS2/c1-15-7-20-24(14-29-15)32-23(25(20)26-30-21-13-27-6-5-22(21)33-26)10-19(31)4-2-3-16-8-17-11-28-12-18(17)9-16;1-3-13(2)5-4-6-18(26)25-21-19(14-7-9-23-12-17(14)28-21)20-24-15-11-22-10-8-16(15)27-20/h5-6,13,15-18,28-29H,2-4,7-12,14H2,1H3;8,10-11,13,23H,3-7,9,12H2,1-2H3,(H,25,26)/t15-,16?,17-,18+;/m1./s1/i;25+1. The highest BCUT2D eigenvalue weighted by Crippen LogP contribution is 2.46. The Morgan fingerprint density at radius 3 is 2.26 bits per heavy atom. The minimum atomic E-state index is 0.110. The summed E-state index contributed by atoms with van der Waals surface area (Å²) in [5, 5.41) is 16.8. The maximum atomic E-state index is 13.1. The van der Waals surface area contributed by atoms with Crippen LogP contribution in [0.3, 0.4) is 0 Å². The molecule has 0 aromatic carbocycles. The van der Waals surface area contributed by atoms with E-state index in [1.54, 1.807) is 40.2 Å². The number of anilines is 1. The molecule has 2 unspecified atom stereocenters. The predicted octanol–water partition coefficient (Wildman–Crippen LogP) is 10.2. The van der Waals surface area contributed by atoms with Gasteiger partial charge in [0.05, 0.1) is 21.8 Å². The summed E-state index contributed by atoms with van der Waals surface area (Å²) in [5.41, 5.74) is 6.99. The molecule has 9 heterocycles. The van der Waals surface area contributed by atoms with E-state index in [9.17, 15) is 9.59 Å². The first-order chi connectivity index (χ1) is 29.8. The van der Waals surface area contributed by atoms with Crippen molar-refractivity contribution in [3.8, 4) is 21.1 Å². The van der Waals surface area contributed by atoms with Gasteiger partial charge in [-0.3, -0.25) is 19.6 Å². The van der Waals surface area contributed by atoms with Gasteiger partial charge >= 0.3 is 0 Å². The highest BCUT2D eigenvalue weighted by atomic mass is 32.1. The van der Waals surface area contributed by atoms with Gasteiger partial charge in [0.25, 0.3) is 0 Å². The molecule has 1 saturated carbocycles. The lowest BCUT2D eigenvalue weighted by molar-refractivity contribution is -0.118. The summed E-state index contributed by atoms with van der Waals surface area (Å²) in [6, 6.07) is 4.49. The molecule has 4 N–H and O–H groups in total. The Morgan fingerprint density at radius 1 is 0.852 bits per heavy atom. The van der Waals surface area contributed by atoms with Crippen LogP contribution in [0.5, 0.6) is 0 Å². The maximum Gasteiger partial charge on any atom is 0.224 e. The van der Waals surface area contributed by atoms with Crippen LogP contribution in [0.25, 0.3) is 41.6 Å². The van der Waals surface area contributed by atoms with E-state index in [0.717, 1.165) is 111 Å². The number of fused-ring (bicyclic) bond motifs is 5. The van der Waals surface area contributed by atoms with E-state index in [-0.39, 0.29) is 5.91 Å². The number of hydrogen-bond donors (Lipinski definition) is 4. The number of hydrogen-bond acceptors (Lipinski definition) is 13. The molecule has 6 aromatic heterocycles. The number of nitrogens with zero attached hydrogens (tertiary/aromatic N) is 4. The number of ketones is 1. The van der Waals surface area contributed by atoms with Gasteiger partial charge in [0, 0.05) is 76.5 Å². The molecule has 61 heavy (non-hydrogen) atoms. The third kappa shape index (κ3) is 9.85. The minimum Gasteiger partial charge on any atom is -0.317 e. The van der Waals surface area contributed by atoms with Crippen molar-refractivity contribution in [2.45, 2.75) is 117 Å². The number of carbonyl (C=O) groups excluding carboxylic acids is 2. The lowest BCUT2D eigenvalue weighted by atomic mass is 9.95. The number of nitrogens with one attached hydrogen (secondary N) is 4. The number of aromatic nitrogens is 4. The molecule has 10 nitrogen and oxygen atoms in total. The van der Waals surface area contributed by atoms with Gasteiger partial charge in [0.15, 0.2) is 0 Å². The fourth-order valence-corrected chi connectivity index (χ4v) is 14.5. The summed E-state index contributed by atoms with van der Waals surface area (Å²) in [5.74, 6) is 3.80. The van der Waals surface area contributed by atoms with E-state index in [2.05, 4.69) is 52.0 Å². The second kappa shape index (κ2) is 19.5. The first-order valence-electron chi connectivity index (χ1n) is 22.5. The van der Waals surface area contributed by atoms with Crippen molar-refractivity contribution in [1.82, 2.24) is 35.9 Å². The second-order valence-electron chi connectivity index (χ2n) is 17.7. The fraction of sp³-hybridized carbons (Fsp3) is 0.532. The molecule has 322 valence electrons. The average molecular weight is 896 g/mol. The van der Waals surface area contributed by atoms with E-state index in [1.165, 1.54) is 70.1 Å². The van der Waals surface area contributed by atoms with Crippen LogP contribution in [0, 0.1) is 23.7 Å². The molecule has 4 aliphatic rings. The fourth-order valence-electron chi connectivity index (χ4n) is 9.76. The molecule has 5 atom stereocenters. The van der Waals surface area contributed by atoms with E-state index in [4.69, 9.17) is 9.97 Å². The third-order valence-electron chi connectivity index (χ3n) is 13.2. The van der Waals surface area contributed by atoms with Crippen LogP contribution in [0.2, 0.25) is 0 Å². The summed E-state index contributed by atoms with van der Waals surface area (Å²) < 4.78 is 2.29. The number of rotatable bonds is 14. The highest BCUT2D eigenvalue weighted by Gasteiger charge is 2.37. The lowest BCUT2D eigenvalue weighted by Crippen LogP contribution is -2.32. The van der Waals surface area contributed by atoms with Gasteiger partial charge in [-0.15, -0.1) is 45.3 Å². The first kappa shape index (κ1) is 42.8. The molecule has 1 amide bonds. The molecular weight excluding hydrogens is 838 g/mol. The summed E-state index contributed by atoms with van der Waals surface area (Å²) in [6.45, 7) is 11.8. The summed E-state index contributed by atoms with van der Waals surface area (Å²) in [4.78, 5) is 47.8. The average Bonchev–Trinajstić information content (AvgIpc) is 4.11. The zero-order chi connectivity index (χ0) is 41.9. The molecule has 14 heteroatoms. The van der Waals surface area contributed by atoms with E-state index in [1.807, 2.05) is 42.1 Å². The molecule has 1 aliphatic carbocycles. The van der Waals surface area contributed by atoms with E-state index >= 15 is 0 Å². The maximum absolute atomic E-state index is 13.1. The SMILES string of the molecule is CCC(C)CCCC(=O)[15NH]c1sc2c(c1-c1nc3cnccc3s1)CCNC2.C[C@@H]1Cc2c(sc(CC(=O)CCCC3C[C@H]4CNC[C@H]4C3)c2-c2nc3cnccc3s2)CN1. The Morgan fingerprint density at radius 2 is 1.56 bits per heavy atom. The number of amides is 1. The molecular formula is C47H58N8O2S4. The van der Waals surface area contributed by atoms with Crippen molar-refractivity contribution < 1.29 is 9.59 Å². The van der Waals surface area contributed by atoms with E-state index in [0.29, 0.717) is 37.0 Å². The second-order valence-corrected chi connectivity index (χ2v) is 22.1. The van der Waals surface area contributed by atoms with Crippen LogP contribution < -0.4 is 21.3 Å². The topological polar surface area (TPSA) is 134 Å². The predicted molar refractivity (Wildman–Crippen MR) is 254 cm³/mol. The third-order valence-corrected chi connectivity index (χ3v) is 17.7. The Kier molecular flexibility index (Phi) is 13.7. The van der Waals surface area contributed by atoms with E-state index < -0.39 is 0 Å². The van der Waals surface area contributed by atoms with Crippen LogP contribution in [0.1, 0.15) is 104 Å². The van der Waals surface area contributed by atoms with Gasteiger partial charge in [-0.2, -0.15) is 0 Å². The molecule has 1 saturated heterocycles. The summed E-state index contributed by atoms with van der Waals surface area (Å²) >= 11 is 6.93. The molecule has 0 bridgehead atoms. The molecule has 0 radical (unpaired) electrons. The van der Waals surface area contributed by atoms with Crippen molar-refractivity contribution >= 4 is 82.5 Å². The normalized spacial score (nSPS) is 21.2. The molecule has 6 aromatic rings. The number of thiazole rings is 2. The van der Waals surface area contributed by atoms with Gasteiger partial charge in [0.1, 0.15) is 31.8 Å². The van der Waals surface area contributed by atoms with Crippen molar-refractivity contribution in [1.29, 1.82) is 0 Å². The molecule has 10 rings (SSSR count). The van der Waals surface area contributed by atoms with Crippen molar-refractivity contribution in [3.05, 3.63) is 62.7 Å². The van der Waals surface area contributed by atoms with Crippen LogP contribution >= 0.6 is 45.3 Å². The minimum absolute atomic E-state index is 0.110. The quantitative estimate of drug-likeness (QED) is 0.0789. The van der Waals surface area contributed by atoms with Crippen molar-refractivity contribution in [3.63, 3.8) is 0 Å². The summed E-state index contributed by atoms with van der Waals surface area (Å²) in [6.07, 6.45) is 19.3. The Bertz CT molecular complexity index is 2410. The van der Waals surface area contributed by atoms with Gasteiger partial charge in [0.2, 0.25) is 5.91 Å². The lowest BCUT2D eigenvalue weighted by Gasteiger charge is -2.20. The monoisotopic (exact) mass is 895 g/mol. The molecule has 2 fully saturated rings. The summed E-state index contributed by atoms with van der Waals surface area (Å²) in [7, 11) is 0. The van der Waals surface area contributed by atoms with Crippen LogP contribution in [-0.4, -0.2) is 57.3 Å². The number of thiophene rings is 2. The van der Waals surface area contributed by atoms with Crippen LogP contribution in [-0.2, 0) is 41.9 Å². The Balaban J connectivity index is 0.000000158. The first-order valence-corrected chi connectivity index (χ1v) is 25.7. The number of carbonyl (C=O) groups is 2. The zero-order valence-electron chi connectivity index (χ0n) is 35.6. The van der Waals surface area contributed by atoms with Gasteiger partial charge in [-0.1, -0.05) is 33.1 Å². The largest absolute Gasteiger partial charge is 0.317 e. The molecule has 0 spiro atoms. The Labute approximate surface area is 375 Å². The van der Waals surface area contributed by atoms with Crippen LogP contribution in [0.4, 0.5) is 5.00 Å². The number of pyridine rings is 2.